The molecule has 0 atom stereocenters. The van der Waals surface area contributed by atoms with Gasteiger partial charge in [-0.1, -0.05) is 41.6 Å². The summed E-state index contributed by atoms with van der Waals surface area (Å²) in [5.41, 5.74) is 3.00. The molecule has 1 aromatic heterocycles. The van der Waals surface area contributed by atoms with E-state index in [-0.39, 0.29) is 17.5 Å². The van der Waals surface area contributed by atoms with Gasteiger partial charge in [0.15, 0.2) is 5.82 Å². The van der Waals surface area contributed by atoms with Crippen molar-refractivity contribution < 1.29 is 9.18 Å². The lowest BCUT2D eigenvalue weighted by Gasteiger charge is -2.36. The first-order valence-electron chi connectivity index (χ1n) is 9.70. The molecule has 7 nitrogen and oxygen atoms in total. The van der Waals surface area contributed by atoms with Gasteiger partial charge in [0, 0.05) is 37.4 Å². The summed E-state index contributed by atoms with van der Waals surface area (Å²) in [5.74, 6) is 6.75. The molecule has 2 N–H and O–H groups in total. The summed E-state index contributed by atoms with van der Waals surface area (Å²) < 4.78 is 14.5. The third-order valence-electron chi connectivity index (χ3n) is 5.12. The van der Waals surface area contributed by atoms with Crippen LogP contribution in [0.25, 0.3) is 11.4 Å². The van der Waals surface area contributed by atoms with Gasteiger partial charge in [-0.3, -0.25) is 4.79 Å². The van der Waals surface area contributed by atoms with Gasteiger partial charge >= 0.3 is 0 Å². The molecule has 156 valence electrons. The van der Waals surface area contributed by atoms with E-state index in [0.29, 0.717) is 37.2 Å². The summed E-state index contributed by atoms with van der Waals surface area (Å²) in [7, 11) is 0. The highest BCUT2D eigenvalue weighted by atomic mass is 32.2. The van der Waals surface area contributed by atoms with Crippen molar-refractivity contribution in [2.75, 3.05) is 42.7 Å². The van der Waals surface area contributed by atoms with Crippen LogP contribution < -0.4 is 10.7 Å². The lowest BCUT2D eigenvalue weighted by atomic mass is 10.1. The van der Waals surface area contributed by atoms with Gasteiger partial charge in [0.2, 0.25) is 11.1 Å². The van der Waals surface area contributed by atoms with Gasteiger partial charge < -0.3 is 15.6 Å². The molecule has 0 spiro atoms. The maximum Gasteiger partial charge on any atom is 0.233 e. The number of anilines is 1. The van der Waals surface area contributed by atoms with Crippen LogP contribution in [0.3, 0.4) is 0 Å². The maximum absolute atomic E-state index is 13.1. The van der Waals surface area contributed by atoms with Crippen LogP contribution in [-0.4, -0.2) is 57.6 Å². The first-order valence-corrected chi connectivity index (χ1v) is 10.7. The molecule has 1 saturated heterocycles. The fourth-order valence-corrected chi connectivity index (χ4v) is 4.12. The Bertz CT molecular complexity index is 1010. The van der Waals surface area contributed by atoms with Crippen LogP contribution in [0.5, 0.6) is 0 Å². The van der Waals surface area contributed by atoms with Crippen LogP contribution in [-0.2, 0) is 4.79 Å². The van der Waals surface area contributed by atoms with Crippen molar-refractivity contribution >= 4 is 23.4 Å². The molecule has 1 amide bonds. The molecule has 2 heterocycles. The molecular weight excluding hydrogens is 403 g/mol. The van der Waals surface area contributed by atoms with E-state index in [1.807, 2.05) is 36.1 Å². The molecule has 9 heteroatoms. The number of aromatic nitrogens is 3. The number of hydrogen-bond acceptors (Lipinski definition) is 6. The van der Waals surface area contributed by atoms with E-state index in [1.165, 1.54) is 28.6 Å². The number of nitrogens with two attached hydrogens (primary N) is 1. The largest absolute Gasteiger partial charge is 0.368 e. The molecule has 1 fully saturated rings. The minimum absolute atomic E-state index is 0.0404. The molecule has 0 saturated carbocycles. The van der Waals surface area contributed by atoms with Crippen molar-refractivity contribution in [3.63, 3.8) is 0 Å². The van der Waals surface area contributed by atoms with Crippen molar-refractivity contribution in [3.05, 3.63) is 59.9 Å². The Hall–Kier alpha value is -3.07. The summed E-state index contributed by atoms with van der Waals surface area (Å²) in [5, 5.41) is 8.80. The molecule has 1 aliphatic heterocycles. The number of thioether (sulfide) groups is 1. The van der Waals surface area contributed by atoms with Gasteiger partial charge in [0.25, 0.3) is 0 Å². The van der Waals surface area contributed by atoms with E-state index in [0.717, 1.165) is 16.8 Å². The number of carbonyl (C=O) groups is 1. The van der Waals surface area contributed by atoms with Crippen molar-refractivity contribution in [2.45, 2.75) is 12.1 Å². The molecular formula is C21H23FN6OS. The Morgan fingerprint density at radius 1 is 1.03 bits per heavy atom. The van der Waals surface area contributed by atoms with Gasteiger partial charge in [-0.15, -0.1) is 10.2 Å². The summed E-state index contributed by atoms with van der Waals surface area (Å²) in [6.45, 7) is 4.70. The van der Waals surface area contributed by atoms with Gasteiger partial charge in [0.05, 0.1) is 5.75 Å². The Labute approximate surface area is 178 Å². The highest BCUT2D eigenvalue weighted by Gasteiger charge is 2.22. The Morgan fingerprint density at radius 3 is 2.37 bits per heavy atom. The number of aryl methyl sites for hydroxylation is 1. The minimum atomic E-state index is -0.247. The molecule has 2 aromatic carbocycles. The van der Waals surface area contributed by atoms with E-state index < -0.39 is 0 Å². The monoisotopic (exact) mass is 426 g/mol. The van der Waals surface area contributed by atoms with Crippen molar-refractivity contribution in [2.24, 2.45) is 0 Å². The molecule has 1 aliphatic rings. The normalized spacial score (nSPS) is 14.2. The lowest BCUT2D eigenvalue weighted by Crippen LogP contribution is -2.49. The molecule has 0 radical (unpaired) electrons. The SMILES string of the molecule is Cc1ccc(-c2nnc(SCC(=O)N3CCN(c4ccc(F)cc4)CC3)n2N)cc1. The van der Waals surface area contributed by atoms with Crippen molar-refractivity contribution in [1.29, 1.82) is 0 Å². The quantitative estimate of drug-likeness (QED) is 0.499. The number of halogens is 1. The fourth-order valence-electron chi connectivity index (χ4n) is 3.36. The molecule has 0 unspecified atom stereocenters. The Balaban J connectivity index is 1.31. The number of nitrogen functional groups attached to an aromatic ring is 1. The van der Waals surface area contributed by atoms with Crippen LogP contribution in [0.2, 0.25) is 0 Å². The number of piperazine rings is 1. The van der Waals surface area contributed by atoms with E-state index in [4.69, 9.17) is 5.84 Å². The zero-order valence-electron chi connectivity index (χ0n) is 16.7. The van der Waals surface area contributed by atoms with E-state index >= 15 is 0 Å². The van der Waals surface area contributed by atoms with Crippen molar-refractivity contribution in [3.8, 4) is 11.4 Å². The van der Waals surface area contributed by atoms with Crippen LogP contribution in [0, 0.1) is 12.7 Å². The van der Waals surface area contributed by atoms with Gasteiger partial charge in [-0.05, 0) is 31.2 Å². The average Bonchev–Trinajstić information content (AvgIpc) is 3.13. The average molecular weight is 427 g/mol. The predicted molar refractivity (Wildman–Crippen MR) is 116 cm³/mol. The molecule has 30 heavy (non-hydrogen) atoms. The first kappa shape index (κ1) is 20.2. The number of nitrogens with zero attached hydrogens (tertiary/aromatic N) is 5. The molecule has 3 aromatic rings. The van der Waals surface area contributed by atoms with E-state index in [1.54, 1.807) is 12.1 Å². The van der Waals surface area contributed by atoms with Gasteiger partial charge in [-0.25, -0.2) is 9.07 Å². The smallest absolute Gasteiger partial charge is 0.233 e. The number of carbonyl (C=O) groups excluding carboxylic acids is 1. The fraction of sp³-hybridized carbons (Fsp3) is 0.286. The summed E-state index contributed by atoms with van der Waals surface area (Å²) in [6, 6.07) is 14.3. The van der Waals surface area contributed by atoms with Gasteiger partial charge in [0.1, 0.15) is 5.82 Å². The van der Waals surface area contributed by atoms with Crippen LogP contribution in [0.1, 0.15) is 5.56 Å². The van der Waals surface area contributed by atoms with Crippen LogP contribution in [0.4, 0.5) is 10.1 Å². The third-order valence-corrected chi connectivity index (χ3v) is 6.05. The zero-order valence-corrected chi connectivity index (χ0v) is 17.5. The standard InChI is InChI=1S/C21H23FN6OS/c1-15-2-4-16(5-3-15)20-24-25-21(28(20)23)30-14-19(29)27-12-10-26(11-13-27)18-8-6-17(22)7-9-18/h2-9H,10-14,23H2,1H3. The van der Waals surface area contributed by atoms with Crippen molar-refractivity contribution in [1.82, 2.24) is 19.8 Å². The number of rotatable bonds is 5. The number of benzene rings is 2. The molecule has 0 aliphatic carbocycles. The second-order valence-corrected chi connectivity index (χ2v) is 8.12. The second-order valence-electron chi connectivity index (χ2n) is 7.18. The van der Waals surface area contributed by atoms with Gasteiger partial charge in [-0.2, -0.15) is 0 Å². The van der Waals surface area contributed by atoms with Crippen LogP contribution >= 0.6 is 11.8 Å². The molecule has 4 rings (SSSR count). The summed E-state index contributed by atoms with van der Waals surface area (Å²) >= 11 is 1.28. The first-order chi connectivity index (χ1) is 14.5. The van der Waals surface area contributed by atoms with Crippen LogP contribution in [0.15, 0.2) is 53.7 Å². The highest BCUT2D eigenvalue weighted by molar-refractivity contribution is 7.99. The second kappa shape index (κ2) is 8.74. The predicted octanol–water partition coefficient (Wildman–Crippen LogP) is 2.55. The van der Waals surface area contributed by atoms with E-state index in [9.17, 15) is 9.18 Å². The molecule has 0 bridgehead atoms. The highest BCUT2D eigenvalue weighted by Crippen LogP contribution is 2.23. The Morgan fingerprint density at radius 2 is 1.70 bits per heavy atom. The zero-order chi connectivity index (χ0) is 21.1. The number of hydrogen-bond donors (Lipinski definition) is 1. The summed E-state index contributed by atoms with van der Waals surface area (Å²) in [6.07, 6.45) is 0. The summed E-state index contributed by atoms with van der Waals surface area (Å²) in [4.78, 5) is 16.6. The Kier molecular flexibility index (Phi) is 5.89. The maximum atomic E-state index is 13.1. The lowest BCUT2D eigenvalue weighted by molar-refractivity contribution is -0.128. The number of amides is 1. The topological polar surface area (TPSA) is 80.3 Å². The van der Waals surface area contributed by atoms with E-state index in [2.05, 4.69) is 15.1 Å². The minimum Gasteiger partial charge on any atom is -0.368 e. The third kappa shape index (κ3) is 4.40.